The van der Waals surface area contributed by atoms with Gasteiger partial charge in [0.15, 0.2) is 0 Å². The zero-order chi connectivity index (χ0) is 9.97. The zero-order valence-electron chi connectivity index (χ0n) is 8.33. The predicted molar refractivity (Wildman–Crippen MR) is 62.4 cm³/mol. The SMILES string of the molecule is CC1CCCC1Nc1ncccc1Br. The number of nitrogens with one attached hydrogen (secondary N) is 1. The Balaban J connectivity index is 2.07. The molecule has 0 bridgehead atoms. The minimum absolute atomic E-state index is 0.598. The van der Waals surface area contributed by atoms with Gasteiger partial charge in [0.25, 0.3) is 0 Å². The highest BCUT2D eigenvalue weighted by molar-refractivity contribution is 9.10. The number of pyridine rings is 1. The Labute approximate surface area is 93.3 Å². The number of nitrogens with zero attached hydrogens (tertiary/aromatic N) is 1. The summed E-state index contributed by atoms with van der Waals surface area (Å²) in [4.78, 5) is 4.32. The van der Waals surface area contributed by atoms with Crippen molar-refractivity contribution in [1.29, 1.82) is 0 Å². The molecule has 14 heavy (non-hydrogen) atoms. The molecule has 2 nitrogen and oxygen atoms in total. The van der Waals surface area contributed by atoms with Crippen LogP contribution < -0.4 is 5.32 Å². The molecule has 0 spiro atoms. The van der Waals surface area contributed by atoms with E-state index in [1.54, 1.807) is 0 Å². The number of rotatable bonds is 2. The Morgan fingerprint density at radius 1 is 1.50 bits per heavy atom. The van der Waals surface area contributed by atoms with E-state index in [-0.39, 0.29) is 0 Å². The van der Waals surface area contributed by atoms with Gasteiger partial charge in [0.2, 0.25) is 0 Å². The highest BCUT2D eigenvalue weighted by Crippen LogP contribution is 2.29. The molecule has 1 saturated carbocycles. The van der Waals surface area contributed by atoms with Crippen molar-refractivity contribution < 1.29 is 0 Å². The minimum Gasteiger partial charge on any atom is -0.366 e. The Hall–Kier alpha value is -0.570. The van der Waals surface area contributed by atoms with Crippen molar-refractivity contribution >= 4 is 21.7 Å². The van der Waals surface area contributed by atoms with Gasteiger partial charge < -0.3 is 5.32 Å². The molecule has 0 saturated heterocycles. The van der Waals surface area contributed by atoms with E-state index in [2.05, 4.69) is 33.2 Å². The summed E-state index contributed by atoms with van der Waals surface area (Å²) in [5.41, 5.74) is 0. The average molecular weight is 255 g/mol. The Morgan fingerprint density at radius 2 is 2.36 bits per heavy atom. The maximum Gasteiger partial charge on any atom is 0.140 e. The molecule has 0 radical (unpaired) electrons. The van der Waals surface area contributed by atoms with Crippen LogP contribution in [0, 0.1) is 5.92 Å². The van der Waals surface area contributed by atoms with Crippen molar-refractivity contribution in [1.82, 2.24) is 4.98 Å². The number of halogens is 1. The van der Waals surface area contributed by atoms with Gasteiger partial charge in [0.1, 0.15) is 5.82 Å². The first-order valence-corrected chi connectivity index (χ1v) is 5.93. The molecule has 76 valence electrons. The van der Waals surface area contributed by atoms with E-state index >= 15 is 0 Å². The number of anilines is 1. The van der Waals surface area contributed by atoms with Crippen LogP contribution >= 0.6 is 15.9 Å². The van der Waals surface area contributed by atoms with Crippen molar-refractivity contribution in [3.63, 3.8) is 0 Å². The van der Waals surface area contributed by atoms with Crippen LogP contribution in [0.4, 0.5) is 5.82 Å². The van der Waals surface area contributed by atoms with Crippen LogP contribution in [0.2, 0.25) is 0 Å². The summed E-state index contributed by atoms with van der Waals surface area (Å²) in [5.74, 6) is 1.75. The summed E-state index contributed by atoms with van der Waals surface area (Å²) in [5, 5.41) is 3.50. The lowest BCUT2D eigenvalue weighted by molar-refractivity contribution is 0.554. The van der Waals surface area contributed by atoms with E-state index in [1.165, 1.54) is 19.3 Å². The Morgan fingerprint density at radius 3 is 3.00 bits per heavy atom. The molecule has 1 aliphatic rings. The molecule has 0 aromatic carbocycles. The largest absolute Gasteiger partial charge is 0.366 e. The molecule has 1 aromatic heterocycles. The molecule has 1 aliphatic carbocycles. The zero-order valence-corrected chi connectivity index (χ0v) is 9.92. The van der Waals surface area contributed by atoms with Crippen LogP contribution in [0.3, 0.4) is 0 Å². The first kappa shape index (κ1) is 9.97. The van der Waals surface area contributed by atoms with Gasteiger partial charge in [-0.25, -0.2) is 4.98 Å². The van der Waals surface area contributed by atoms with Gasteiger partial charge in [-0.1, -0.05) is 13.3 Å². The van der Waals surface area contributed by atoms with E-state index in [4.69, 9.17) is 0 Å². The fraction of sp³-hybridized carbons (Fsp3) is 0.545. The Kier molecular flexibility index (Phi) is 3.06. The quantitative estimate of drug-likeness (QED) is 0.875. The van der Waals surface area contributed by atoms with Crippen LogP contribution in [-0.2, 0) is 0 Å². The van der Waals surface area contributed by atoms with Gasteiger partial charge in [0.05, 0.1) is 4.47 Å². The monoisotopic (exact) mass is 254 g/mol. The molecule has 2 atom stereocenters. The highest BCUT2D eigenvalue weighted by atomic mass is 79.9. The summed E-state index contributed by atoms with van der Waals surface area (Å²) in [6.45, 7) is 2.31. The van der Waals surface area contributed by atoms with Crippen molar-refractivity contribution in [2.45, 2.75) is 32.2 Å². The molecule has 1 N–H and O–H groups in total. The molecule has 2 unspecified atom stereocenters. The lowest BCUT2D eigenvalue weighted by Crippen LogP contribution is -2.22. The fourth-order valence-corrected chi connectivity index (χ4v) is 2.40. The third-order valence-corrected chi connectivity index (χ3v) is 3.58. The molecule has 0 aliphatic heterocycles. The number of aromatic nitrogens is 1. The molecule has 0 amide bonds. The predicted octanol–water partition coefficient (Wildman–Crippen LogP) is 3.44. The van der Waals surface area contributed by atoms with Gasteiger partial charge in [0, 0.05) is 12.2 Å². The second-order valence-corrected chi connectivity index (χ2v) is 4.85. The fourth-order valence-electron chi connectivity index (χ4n) is 2.03. The molecule has 1 aromatic rings. The summed E-state index contributed by atoms with van der Waals surface area (Å²) in [6, 6.07) is 4.56. The van der Waals surface area contributed by atoms with Crippen molar-refractivity contribution in [2.75, 3.05) is 5.32 Å². The van der Waals surface area contributed by atoms with Crippen molar-refractivity contribution in [3.8, 4) is 0 Å². The molecule has 1 fully saturated rings. The summed E-state index contributed by atoms with van der Waals surface area (Å²) < 4.78 is 1.05. The topological polar surface area (TPSA) is 24.9 Å². The lowest BCUT2D eigenvalue weighted by atomic mass is 10.1. The van der Waals surface area contributed by atoms with Crippen LogP contribution in [0.1, 0.15) is 26.2 Å². The van der Waals surface area contributed by atoms with Crippen LogP contribution in [0.5, 0.6) is 0 Å². The summed E-state index contributed by atoms with van der Waals surface area (Å²) in [6.07, 6.45) is 5.77. The maximum atomic E-state index is 4.32. The van der Waals surface area contributed by atoms with E-state index in [0.29, 0.717) is 6.04 Å². The third kappa shape index (κ3) is 2.08. The lowest BCUT2D eigenvalue weighted by Gasteiger charge is -2.18. The van der Waals surface area contributed by atoms with E-state index < -0.39 is 0 Å². The first-order valence-electron chi connectivity index (χ1n) is 5.14. The maximum absolute atomic E-state index is 4.32. The highest BCUT2D eigenvalue weighted by Gasteiger charge is 2.23. The second kappa shape index (κ2) is 4.30. The average Bonchev–Trinajstić information content (AvgIpc) is 2.56. The second-order valence-electron chi connectivity index (χ2n) is 3.99. The van der Waals surface area contributed by atoms with Gasteiger partial charge in [-0.05, 0) is 46.8 Å². The number of hydrogen-bond acceptors (Lipinski definition) is 2. The first-order chi connectivity index (χ1) is 6.77. The molecular formula is C11H15BrN2. The van der Waals surface area contributed by atoms with E-state index in [1.807, 2.05) is 18.3 Å². The molecule has 3 heteroatoms. The molecule has 2 rings (SSSR count). The van der Waals surface area contributed by atoms with Crippen molar-refractivity contribution in [2.24, 2.45) is 5.92 Å². The minimum atomic E-state index is 0.598. The molecular weight excluding hydrogens is 240 g/mol. The van der Waals surface area contributed by atoms with Gasteiger partial charge in [-0.3, -0.25) is 0 Å². The standard InChI is InChI=1S/C11H15BrN2/c1-8-4-2-6-10(8)14-11-9(12)5-3-7-13-11/h3,5,7-8,10H,2,4,6H2,1H3,(H,13,14). The number of hydrogen-bond donors (Lipinski definition) is 1. The molecule has 1 heterocycles. The normalized spacial score (nSPS) is 26.4. The van der Waals surface area contributed by atoms with E-state index in [0.717, 1.165) is 16.2 Å². The van der Waals surface area contributed by atoms with Crippen LogP contribution in [0.15, 0.2) is 22.8 Å². The summed E-state index contributed by atoms with van der Waals surface area (Å²) >= 11 is 3.50. The van der Waals surface area contributed by atoms with E-state index in [9.17, 15) is 0 Å². The smallest absolute Gasteiger partial charge is 0.140 e. The Bertz CT molecular complexity index is 314. The third-order valence-electron chi connectivity index (χ3n) is 2.94. The van der Waals surface area contributed by atoms with Gasteiger partial charge >= 0.3 is 0 Å². The van der Waals surface area contributed by atoms with Crippen LogP contribution in [0.25, 0.3) is 0 Å². The van der Waals surface area contributed by atoms with Crippen LogP contribution in [-0.4, -0.2) is 11.0 Å². The van der Waals surface area contributed by atoms with Gasteiger partial charge in [-0.2, -0.15) is 0 Å². The van der Waals surface area contributed by atoms with Gasteiger partial charge in [-0.15, -0.1) is 0 Å². The summed E-state index contributed by atoms with van der Waals surface area (Å²) in [7, 11) is 0. The van der Waals surface area contributed by atoms with Crippen molar-refractivity contribution in [3.05, 3.63) is 22.8 Å².